The van der Waals surface area contributed by atoms with Gasteiger partial charge in [-0.1, -0.05) is 6.07 Å². The fraction of sp³-hybridized carbons (Fsp3) is 0.333. The maximum Gasteiger partial charge on any atom is 0.265 e. The lowest BCUT2D eigenvalue weighted by molar-refractivity contribution is -0.122. The summed E-state index contributed by atoms with van der Waals surface area (Å²) in [6.45, 7) is 2.73. The molecular weight excluding hydrogens is 402 g/mol. The minimum atomic E-state index is -3.74. The SMILES string of the molecule is C[C@H]1Oc2ccc(S(=O)(=O)N3CCN(C(=O)c4cccs4)CC3)cc2NC1=O. The van der Waals surface area contributed by atoms with Crippen molar-refractivity contribution in [3.05, 3.63) is 40.6 Å². The first kappa shape index (κ1) is 18.9. The van der Waals surface area contributed by atoms with Crippen molar-refractivity contribution in [1.82, 2.24) is 9.21 Å². The number of hydrogen-bond donors (Lipinski definition) is 1. The predicted octanol–water partition coefficient (Wildman–Crippen LogP) is 1.61. The standard InChI is InChI=1S/C18H19N3O5S2/c1-12-17(22)19-14-11-13(4-5-15(14)26-12)28(24,25)21-8-6-20(7-9-21)18(23)16-3-2-10-27-16/h2-5,10-12H,6-9H2,1H3,(H,19,22)/t12-/m1/s1. The first-order chi connectivity index (χ1) is 13.4. The highest BCUT2D eigenvalue weighted by Crippen LogP contribution is 2.33. The number of benzene rings is 1. The molecule has 0 saturated carbocycles. The lowest BCUT2D eigenvalue weighted by Gasteiger charge is -2.34. The molecule has 2 aliphatic rings. The third-order valence-electron chi connectivity index (χ3n) is 4.78. The Hall–Kier alpha value is -2.43. The Bertz CT molecular complexity index is 1010. The van der Waals surface area contributed by atoms with Crippen LogP contribution in [-0.4, -0.2) is 61.7 Å². The zero-order valence-electron chi connectivity index (χ0n) is 15.1. The van der Waals surface area contributed by atoms with Gasteiger partial charge in [0.1, 0.15) is 5.75 Å². The molecule has 2 aromatic rings. The number of sulfonamides is 1. The molecule has 1 aromatic carbocycles. The van der Waals surface area contributed by atoms with Crippen LogP contribution in [0.4, 0.5) is 5.69 Å². The zero-order valence-corrected chi connectivity index (χ0v) is 16.8. The van der Waals surface area contributed by atoms with Gasteiger partial charge in [0, 0.05) is 26.2 Å². The number of fused-ring (bicyclic) bond motifs is 1. The van der Waals surface area contributed by atoms with Crippen molar-refractivity contribution in [3.8, 4) is 5.75 Å². The molecule has 1 saturated heterocycles. The van der Waals surface area contributed by atoms with E-state index >= 15 is 0 Å². The number of hydrogen-bond acceptors (Lipinski definition) is 6. The normalized spacial score (nSPS) is 20.2. The number of anilines is 1. The maximum atomic E-state index is 13.0. The number of thiophene rings is 1. The smallest absolute Gasteiger partial charge is 0.265 e. The van der Waals surface area contributed by atoms with Crippen LogP contribution in [0, 0.1) is 0 Å². The van der Waals surface area contributed by atoms with Gasteiger partial charge in [-0.2, -0.15) is 4.31 Å². The quantitative estimate of drug-likeness (QED) is 0.812. The van der Waals surface area contributed by atoms with Crippen molar-refractivity contribution >= 4 is 38.9 Å². The summed E-state index contributed by atoms with van der Waals surface area (Å²) < 4.78 is 32.8. The molecule has 3 heterocycles. The van der Waals surface area contributed by atoms with E-state index in [0.29, 0.717) is 29.4 Å². The highest BCUT2D eigenvalue weighted by Gasteiger charge is 2.32. The summed E-state index contributed by atoms with van der Waals surface area (Å²) in [4.78, 5) is 26.6. The van der Waals surface area contributed by atoms with Crippen LogP contribution < -0.4 is 10.1 Å². The van der Waals surface area contributed by atoms with E-state index in [2.05, 4.69) is 5.32 Å². The Morgan fingerprint density at radius 3 is 2.64 bits per heavy atom. The fourth-order valence-corrected chi connectivity index (χ4v) is 5.32. The van der Waals surface area contributed by atoms with E-state index in [1.54, 1.807) is 24.0 Å². The first-order valence-corrected chi connectivity index (χ1v) is 11.1. The van der Waals surface area contributed by atoms with Gasteiger partial charge in [-0.25, -0.2) is 8.42 Å². The number of ether oxygens (including phenoxy) is 1. The minimum Gasteiger partial charge on any atom is -0.479 e. The molecule has 28 heavy (non-hydrogen) atoms. The van der Waals surface area contributed by atoms with Crippen molar-refractivity contribution < 1.29 is 22.7 Å². The van der Waals surface area contributed by atoms with Gasteiger partial charge in [0.2, 0.25) is 10.0 Å². The van der Waals surface area contributed by atoms with Crippen LogP contribution in [0.15, 0.2) is 40.6 Å². The van der Waals surface area contributed by atoms with Gasteiger partial charge in [0.25, 0.3) is 11.8 Å². The molecule has 2 amide bonds. The molecule has 1 fully saturated rings. The summed E-state index contributed by atoms with van der Waals surface area (Å²) >= 11 is 1.37. The van der Waals surface area contributed by atoms with Crippen LogP contribution in [0.3, 0.4) is 0 Å². The molecule has 8 nitrogen and oxygen atoms in total. The van der Waals surface area contributed by atoms with E-state index < -0.39 is 16.1 Å². The number of nitrogens with zero attached hydrogens (tertiary/aromatic N) is 2. The van der Waals surface area contributed by atoms with Crippen molar-refractivity contribution in [2.45, 2.75) is 17.9 Å². The molecule has 2 aliphatic heterocycles. The second kappa shape index (κ2) is 7.19. The van der Waals surface area contributed by atoms with Gasteiger partial charge < -0.3 is 15.0 Å². The molecule has 0 radical (unpaired) electrons. The molecule has 1 atom stereocenters. The van der Waals surface area contributed by atoms with E-state index in [0.717, 1.165) is 0 Å². The van der Waals surface area contributed by atoms with E-state index in [4.69, 9.17) is 4.74 Å². The Morgan fingerprint density at radius 2 is 1.96 bits per heavy atom. The van der Waals surface area contributed by atoms with Crippen molar-refractivity contribution in [2.24, 2.45) is 0 Å². The average Bonchev–Trinajstić information content (AvgIpc) is 3.23. The lowest BCUT2D eigenvalue weighted by atomic mass is 10.2. The first-order valence-electron chi connectivity index (χ1n) is 8.81. The summed E-state index contributed by atoms with van der Waals surface area (Å²) in [5, 5.41) is 4.50. The third-order valence-corrected chi connectivity index (χ3v) is 7.53. The second-order valence-electron chi connectivity index (χ2n) is 6.58. The van der Waals surface area contributed by atoms with Gasteiger partial charge in [-0.3, -0.25) is 9.59 Å². The highest BCUT2D eigenvalue weighted by atomic mass is 32.2. The Morgan fingerprint density at radius 1 is 1.21 bits per heavy atom. The molecule has 0 unspecified atom stereocenters. The van der Waals surface area contributed by atoms with Gasteiger partial charge in [-0.05, 0) is 36.6 Å². The number of carbonyl (C=O) groups is 2. The minimum absolute atomic E-state index is 0.0743. The van der Waals surface area contributed by atoms with Crippen LogP contribution in [0.5, 0.6) is 5.75 Å². The van der Waals surface area contributed by atoms with Gasteiger partial charge in [0.05, 0.1) is 15.5 Å². The molecule has 0 aliphatic carbocycles. The van der Waals surface area contributed by atoms with Gasteiger partial charge in [0.15, 0.2) is 6.10 Å². The fourth-order valence-electron chi connectivity index (χ4n) is 3.19. The van der Waals surface area contributed by atoms with Gasteiger partial charge >= 0.3 is 0 Å². The predicted molar refractivity (Wildman–Crippen MR) is 104 cm³/mol. The summed E-state index contributed by atoms with van der Waals surface area (Å²) in [6, 6.07) is 8.02. The summed E-state index contributed by atoms with van der Waals surface area (Å²) in [5.74, 6) is 0.0509. The van der Waals surface area contributed by atoms with Gasteiger partial charge in [-0.15, -0.1) is 11.3 Å². The molecule has 1 N–H and O–H groups in total. The Kier molecular flexibility index (Phi) is 4.86. The molecule has 1 aromatic heterocycles. The van der Waals surface area contributed by atoms with Crippen LogP contribution in [-0.2, 0) is 14.8 Å². The molecular formula is C18H19N3O5S2. The van der Waals surface area contributed by atoms with E-state index in [-0.39, 0.29) is 29.8 Å². The van der Waals surface area contributed by atoms with Crippen LogP contribution in [0.25, 0.3) is 0 Å². The monoisotopic (exact) mass is 421 g/mol. The molecule has 4 rings (SSSR count). The summed E-state index contributed by atoms with van der Waals surface area (Å²) in [7, 11) is -3.74. The number of piperazine rings is 1. The largest absolute Gasteiger partial charge is 0.479 e. The van der Waals surface area contributed by atoms with Crippen LogP contribution >= 0.6 is 11.3 Å². The van der Waals surface area contributed by atoms with Crippen molar-refractivity contribution in [1.29, 1.82) is 0 Å². The number of amides is 2. The highest BCUT2D eigenvalue weighted by molar-refractivity contribution is 7.89. The van der Waals surface area contributed by atoms with E-state index in [9.17, 15) is 18.0 Å². The number of carbonyl (C=O) groups excluding carboxylic acids is 2. The van der Waals surface area contributed by atoms with Crippen LogP contribution in [0.1, 0.15) is 16.6 Å². The third kappa shape index (κ3) is 3.38. The number of rotatable bonds is 3. The molecule has 148 valence electrons. The lowest BCUT2D eigenvalue weighted by Crippen LogP contribution is -2.50. The maximum absolute atomic E-state index is 13.0. The topological polar surface area (TPSA) is 96.0 Å². The average molecular weight is 422 g/mol. The zero-order chi connectivity index (χ0) is 19.9. The van der Waals surface area contributed by atoms with E-state index in [1.165, 1.54) is 27.8 Å². The molecule has 10 heteroatoms. The van der Waals surface area contributed by atoms with Crippen LogP contribution in [0.2, 0.25) is 0 Å². The number of nitrogens with one attached hydrogen (secondary N) is 1. The summed E-state index contributed by atoms with van der Waals surface area (Å²) in [5.41, 5.74) is 0.343. The van der Waals surface area contributed by atoms with Crippen molar-refractivity contribution in [2.75, 3.05) is 31.5 Å². The molecule has 0 spiro atoms. The Balaban J connectivity index is 1.48. The molecule has 0 bridgehead atoms. The Labute approximate surface area is 166 Å². The van der Waals surface area contributed by atoms with E-state index in [1.807, 2.05) is 11.4 Å². The second-order valence-corrected chi connectivity index (χ2v) is 9.47. The summed E-state index contributed by atoms with van der Waals surface area (Å²) in [6.07, 6.45) is -0.621. The van der Waals surface area contributed by atoms with Crippen molar-refractivity contribution in [3.63, 3.8) is 0 Å².